The lowest BCUT2D eigenvalue weighted by Gasteiger charge is -2.11. The third kappa shape index (κ3) is 5.48. The van der Waals surface area contributed by atoms with E-state index in [9.17, 15) is 8.42 Å². The minimum atomic E-state index is -3.34. The summed E-state index contributed by atoms with van der Waals surface area (Å²) in [6, 6.07) is -0.223. The van der Waals surface area contributed by atoms with E-state index >= 15 is 0 Å². The Morgan fingerprint density at radius 1 is 1.50 bits per heavy atom. The molecule has 0 rings (SSSR count). The molecular formula is C6H17N3O2S. The van der Waals surface area contributed by atoms with Crippen LogP contribution in [0, 0.1) is 0 Å². The van der Waals surface area contributed by atoms with Crippen LogP contribution in [0.25, 0.3) is 0 Å². The van der Waals surface area contributed by atoms with Crippen molar-refractivity contribution >= 4 is 10.2 Å². The van der Waals surface area contributed by atoms with Gasteiger partial charge in [-0.05, 0) is 13.3 Å². The summed E-state index contributed by atoms with van der Waals surface area (Å²) >= 11 is 0. The van der Waals surface area contributed by atoms with Gasteiger partial charge in [0, 0.05) is 19.1 Å². The molecule has 1 atom stereocenters. The summed E-state index contributed by atoms with van der Waals surface area (Å²) in [6.45, 7) is 4.36. The minimum absolute atomic E-state index is 0.223. The zero-order valence-corrected chi connectivity index (χ0v) is 8.32. The maximum Gasteiger partial charge on any atom is 0.277 e. The second-order valence-corrected chi connectivity index (χ2v) is 4.18. The van der Waals surface area contributed by atoms with Crippen LogP contribution in [0.4, 0.5) is 0 Å². The average molecular weight is 195 g/mol. The Hall–Kier alpha value is -0.170. The monoisotopic (exact) mass is 195 g/mol. The second kappa shape index (κ2) is 5.47. The van der Waals surface area contributed by atoms with Gasteiger partial charge in [0.15, 0.2) is 0 Å². The third-order valence-corrected chi connectivity index (χ3v) is 2.55. The lowest BCUT2D eigenvalue weighted by molar-refractivity contribution is 0.548. The molecule has 0 amide bonds. The summed E-state index contributed by atoms with van der Waals surface area (Å²) in [6.07, 6.45) is 0.776. The van der Waals surface area contributed by atoms with Gasteiger partial charge in [0.2, 0.25) is 0 Å². The Bertz CT molecular complexity index is 203. The van der Waals surface area contributed by atoms with E-state index in [-0.39, 0.29) is 6.04 Å². The summed E-state index contributed by atoms with van der Waals surface area (Å²) < 4.78 is 26.9. The van der Waals surface area contributed by atoms with Gasteiger partial charge in [-0.2, -0.15) is 13.1 Å². The number of hydrogen-bond donors (Lipinski definition) is 3. The highest BCUT2D eigenvalue weighted by Crippen LogP contribution is 1.83. The van der Waals surface area contributed by atoms with Crippen LogP contribution in [0.15, 0.2) is 0 Å². The van der Waals surface area contributed by atoms with E-state index in [4.69, 9.17) is 5.73 Å². The third-order valence-electron chi connectivity index (χ3n) is 1.25. The summed E-state index contributed by atoms with van der Waals surface area (Å²) in [4.78, 5) is 0. The molecule has 0 fully saturated rings. The first-order valence-corrected chi connectivity index (χ1v) is 5.47. The van der Waals surface area contributed by atoms with Crippen molar-refractivity contribution in [3.05, 3.63) is 0 Å². The van der Waals surface area contributed by atoms with Gasteiger partial charge in [-0.1, -0.05) is 6.92 Å². The van der Waals surface area contributed by atoms with Crippen LogP contribution in [0.1, 0.15) is 20.3 Å². The van der Waals surface area contributed by atoms with Gasteiger partial charge in [-0.25, -0.2) is 4.72 Å². The van der Waals surface area contributed by atoms with E-state index in [2.05, 4.69) is 9.44 Å². The van der Waals surface area contributed by atoms with Gasteiger partial charge >= 0.3 is 0 Å². The molecule has 0 bridgehead atoms. The lowest BCUT2D eigenvalue weighted by Crippen LogP contribution is -2.44. The summed E-state index contributed by atoms with van der Waals surface area (Å²) in [5.74, 6) is 0. The fourth-order valence-electron chi connectivity index (χ4n) is 0.591. The second-order valence-electron chi connectivity index (χ2n) is 2.65. The topological polar surface area (TPSA) is 84.2 Å². The smallest absolute Gasteiger partial charge is 0.277 e. The number of nitrogens with two attached hydrogens (primary N) is 1. The molecule has 0 heterocycles. The van der Waals surface area contributed by atoms with Gasteiger partial charge in [-0.15, -0.1) is 0 Å². The van der Waals surface area contributed by atoms with E-state index in [1.165, 1.54) is 0 Å². The lowest BCUT2D eigenvalue weighted by atomic mass is 10.4. The van der Waals surface area contributed by atoms with Crippen LogP contribution >= 0.6 is 0 Å². The van der Waals surface area contributed by atoms with Crippen LogP contribution in [0.2, 0.25) is 0 Å². The van der Waals surface area contributed by atoms with Crippen molar-refractivity contribution in [2.45, 2.75) is 26.3 Å². The molecule has 0 saturated carbocycles. The van der Waals surface area contributed by atoms with Crippen molar-refractivity contribution < 1.29 is 8.42 Å². The highest BCUT2D eigenvalue weighted by Gasteiger charge is 2.10. The SMILES string of the molecule is CCCNS(=O)(=O)N[C@H](C)CN. The molecule has 0 unspecified atom stereocenters. The molecule has 0 aromatic heterocycles. The van der Waals surface area contributed by atoms with Gasteiger partial charge in [0.25, 0.3) is 10.2 Å². The first-order valence-electron chi connectivity index (χ1n) is 3.98. The first kappa shape index (κ1) is 11.8. The zero-order valence-electron chi connectivity index (χ0n) is 7.50. The van der Waals surface area contributed by atoms with Gasteiger partial charge in [0.05, 0.1) is 0 Å². The molecule has 5 nitrogen and oxygen atoms in total. The fraction of sp³-hybridized carbons (Fsp3) is 1.00. The largest absolute Gasteiger partial charge is 0.329 e. The Balaban J connectivity index is 3.88. The van der Waals surface area contributed by atoms with Gasteiger partial charge in [-0.3, -0.25) is 0 Å². The van der Waals surface area contributed by atoms with Crippen molar-refractivity contribution in [3.8, 4) is 0 Å². The molecule has 0 aromatic rings. The molecule has 74 valence electrons. The van der Waals surface area contributed by atoms with Crippen molar-refractivity contribution in [1.29, 1.82) is 0 Å². The number of nitrogens with one attached hydrogen (secondary N) is 2. The van der Waals surface area contributed by atoms with E-state index in [1.807, 2.05) is 6.92 Å². The van der Waals surface area contributed by atoms with Crippen molar-refractivity contribution in [1.82, 2.24) is 9.44 Å². The van der Waals surface area contributed by atoms with Crippen molar-refractivity contribution in [2.24, 2.45) is 5.73 Å². The maximum atomic E-state index is 11.1. The van der Waals surface area contributed by atoms with Crippen LogP contribution in [0.5, 0.6) is 0 Å². The Morgan fingerprint density at radius 2 is 2.08 bits per heavy atom. The van der Waals surface area contributed by atoms with Gasteiger partial charge in [0.1, 0.15) is 0 Å². The normalized spacial score (nSPS) is 14.6. The standard InChI is InChI=1S/C6H17N3O2S/c1-3-4-8-12(10,11)9-6(2)5-7/h6,8-9H,3-5,7H2,1-2H3/t6-/m1/s1. The Morgan fingerprint density at radius 3 is 2.50 bits per heavy atom. The molecule has 0 aromatic carbocycles. The van der Waals surface area contributed by atoms with E-state index in [0.29, 0.717) is 13.1 Å². The quantitative estimate of drug-likeness (QED) is 0.517. The minimum Gasteiger partial charge on any atom is -0.329 e. The van der Waals surface area contributed by atoms with Crippen LogP contribution < -0.4 is 15.2 Å². The zero-order chi connectivity index (χ0) is 9.61. The number of hydrogen-bond acceptors (Lipinski definition) is 3. The highest BCUT2D eigenvalue weighted by atomic mass is 32.2. The highest BCUT2D eigenvalue weighted by molar-refractivity contribution is 7.87. The van der Waals surface area contributed by atoms with Crippen LogP contribution in [-0.4, -0.2) is 27.5 Å². The number of rotatable bonds is 6. The summed E-state index contributed by atoms with van der Waals surface area (Å²) in [7, 11) is -3.34. The fourth-order valence-corrected chi connectivity index (χ4v) is 1.77. The van der Waals surface area contributed by atoms with Crippen molar-refractivity contribution in [3.63, 3.8) is 0 Å². The predicted molar refractivity (Wildman–Crippen MR) is 48.9 cm³/mol. The molecule has 12 heavy (non-hydrogen) atoms. The summed E-state index contributed by atoms with van der Waals surface area (Å²) in [5.41, 5.74) is 5.25. The molecule has 0 radical (unpaired) electrons. The van der Waals surface area contributed by atoms with E-state index < -0.39 is 10.2 Å². The average Bonchev–Trinajstić information content (AvgIpc) is 2.00. The van der Waals surface area contributed by atoms with Crippen LogP contribution in [0.3, 0.4) is 0 Å². The van der Waals surface area contributed by atoms with E-state index in [0.717, 1.165) is 6.42 Å². The molecule has 0 saturated heterocycles. The Labute approximate surface area is 73.9 Å². The van der Waals surface area contributed by atoms with E-state index in [1.54, 1.807) is 6.92 Å². The van der Waals surface area contributed by atoms with Gasteiger partial charge < -0.3 is 5.73 Å². The first-order chi connectivity index (χ1) is 5.52. The predicted octanol–water partition coefficient (Wildman–Crippen LogP) is -0.832. The maximum absolute atomic E-state index is 11.1. The van der Waals surface area contributed by atoms with Crippen molar-refractivity contribution in [2.75, 3.05) is 13.1 Å². The molecule has 0 aliphatic heterocycles. The summed E-state index contributed by atoms with van der Waals surface area (Å²) in [5, 5.41) is 0. The molecular weight excluding hydrogens is 178 g/mol. The molecule has 0 aliphatic rings. The molecule has 0 aliphatic carbocycles. The molecule has 0 spiro atoms. The Kier molecular flexibility index (Phi) is 5.39. The van der Waals surface area contributed by atoms with Crippen LogP contribution in [-0.2, 0) is 10.2 Å². The molecule has 4 N–H and O–H groups in total. The molecule has 6 heteroatoms.